The molecular formula is C6H8AlO3. The molecule has 1 rings (SSSR count). The molecular weight excluding hydrogens is 147 g/mol. The molecule has 0 aliphatic rings. The number of phenolic OH excluding ortho intramolecular Hbond substituents is 2. The van der Waals surface area contributed by atoms with Crippen LogP contribution >= 0.6 is 0 Å². The zero-order chi connectivity index (χ0) is 5.98. The van der Waals surface area contributed by atoms with Gasteiger partial charge in [-0.3, -0.25) is 0 Å². The fourth-order valence-electron chi connectivity index (χ4n) is 0.464. The summed E-state index contributed by atoms with van der Waals surface area (Å²) in [6.45, 7) is 0. The first-order valence-corrected chi connectivity index (χ1v) is 2.27. The Morgan fingerprint density at radius 2 is 1.20 bits per heavy atom. The van der Waals surface area contributed by atoms with Crippen molar-refractivity contribution in [2.45, 2.75) is 0 Å². The van der Waals surface area contributed by atoms with Gasteiger partial charge in [-0.2, -0.15) is 0 Å². The van der Waals surface area contributed by atoms with Crippen LogP contribution in [0.2, 0.25) is 0 Å². The van der Waals surface area contributed by atoms with Crippen LogP contribution in [0.3, 0.4) is 0 Å². The summed E-state index contributed by atoms with van der Waals surface area (Å²) < 4.78 is 0. The summed E-state index contributed by atoms with van der Waals surface area (Å²) in [7, 11) is 0. The van der Waals surface area contributed by atoms with E-state index in [1.807, 2.05) is 0 Å². The van der Waals surface area contributed by atoms with Crippen LogP contribution in [0.5, 0.6) is 11.5 Å². The Bertz CT molecular complexity index is 169. The second-order valence-corrected chi connectivity index (χ2v) is 1.49. The van der Waals surface area contributed by atoms with Crippen molar-refractivity contribution in [1.82, 2.24) is 0 Å². The topological polar surface area (TPSA) is 72.0 Å². The molecule has 0 heterocycles. The Kier molecular flexibility index (Phi) is 6.17. The van der Waals surface area contributed by atoms with Gasteiger partial charge < -0.3 is 15.7 Å². The average Bonchev–Trinajstić information content (AvgIpc) is 1.77. The average molecular weight is 155 g/mol. The van der Waals surface area contributed by atoms with Crippen molar-refractivity contribution in [3.63, 3.8) is 0 Å². The standard InChI is InChI=1S/C6H6O2.Al.H2O/c7-5-3-1-2-4-6(5)8;;/h1-4,7-8H;;1H2. The van der Waals surface area contributed by atoms with Gasteiger partial charge in [-0.05, 0) is 12.1 Å². The maximum atomic E-state index is 8.67. The first kappa shape index (κ1) is 12.0. The van der Waals surface area contributed by atoms with Crippen LogP contribution in [-0.2, 0) is 0 Å². The smallest absolute Gasteiger partial charge is 0.157 e. The molecule has 0 saturated carbocycles. The first-order chi connectivity index (χ1) is 3.80. The summed E-state index contributed by atoms with van der Waals surface area (Å²) in [6, 6.07) is 6.15. The molecule has 0 spiro atoms. The molecule has 1 aromatic rings. The zero-order valence-electron chi connectivity index (χ0n) is 5.28. The van der Waals surface area contributed by atoms with Crippen molar-refractivity contribution in [3.8, 4) is 11.5 Å². The van der Waals surface area contributed by atoms with Gasteiger partial charge in [0, 0.05) is 17.4 Å². The van der Waals surface area contributed by atoms with Gasteiger partial charge in [0.2, 0.25) is 0 Å². The highest BCUT2D eigenvalue weighted by atomic mass is 27.0. The van der Waals surface area contributed by atoms with Gasteiger partial charge in [0.15, 0.2) is 11.5 Å². The van der Waals surface area contributed by atoms with E-state index in [0.717, 1.165) is 0 Å². The Hall–Kier alpha value is -0.688. The predicted octanol–water partition coefficient (Wildman–Crippen LogP) is -0.108. The quantitative estimate of drug-likeness (QED) is 0.405. The molecule has 3 nitrogen and oxygen atoms in total. The SMILES string of the molecule is O.Oc1ccccc1O.[Al]. The van der Waals surface area contributed by atoms with E-state index in [9.17, 15) is 0 Å². The number of benzene rings is 1. The summed E-state index contributed by atoms with van der Waals surface area (Å²) >= 11 is 0. The molecule has 4 N–H and O–H groups in total. The number of rotatable bonds is 0. The van der Waals surface area contributed by atoms with E-state index in [4.69, 9.17) is 10.2 Å². The van der Waals surface area contributed by atoms with Crippen molar-refractivity contribution in [1.29, 1.82) is 0 Å². The molecule has 53 valence electrons. The van der Waals surface area contributed by atoms with Gasteiger partial charge in [-0.25, -0.2) is 0 Å². The maximum absolute atomic E-state index is 8.67. The molecule has 0 aliphatic carbocycles. The lowest BCUT2D eigenvalue weighted by Gasteiger charge is -1.91. The van der Waals surface area contributed by atoms with E-state index in [0.29, 0.717) is 0 Å². The normalized spacial score (nSPS) is 7.20. The lowest BCUT2D eigenvalue weighted by atomic mass is 10.3. The predicted molar refractivity (Wildman–Crippen MR) is 39.1 cm³/mol. The second-order valence-electron chi connectivity index (χ2n) is 1.49. The fourth-order valence-corrected chi connectivity index (χ4v) is 0.464. The third kappa shape index (κ3) is 2.74. The summed E-state index contributed by atoms with van der Waals surface area (Å²) in [5.74, 6) is -0.153. The van der Waals surface area contributed by atoms with Crippen LogP contribution < -0.4 is 0 Å². The summed E-state index contributed by atoms with van der Waals surface area (Å²) in [4.78, 5) is 0. The molecule has 0 aromatic heterocycles. The van der Waals surface area contributed by atoms with Crippen molar-refractivity contribution < 1.29 is 15.7 Å². The molecule has 3 radical (unpaired) electrons. The molecule has 0 bridgehead atoms. The molecule has 0 atom stereocenters. The van der Waals surface area contributed by atoms with Gasteiger partial charge in [0.25, 0.3) is 0 Å². The second kappa shape index (κ2) is 5.13. The number of phenols is 2. The van der Waals surface area contributed by atoms with Gasteiger partial charge in [0.1, 0.15) is 0 Å². The van der Waals surface area contributed by atoms with Crippen LogP contribution in [0.15, 0.2) is 24.3 Å². The molecule has 1 aromatic carbocycles. The number of hydrogen-bond donors (Lipinski definition) is 2. The highest BCUT2D eigenvalue weighted by molar-refractivity contribution is 5.75. The Morgan fingerprint density at radius 1 is 0.900 bits per heavy atom. The van der Waals surface area contributed by atoms with Crippen LogP contribution in [0, 0.1) is 0 Å². The number of para-hydroxylation sites is 2. The third-order valence-corrected chi connectivity index (χ3v) is 0.882. The molecule has 0 saturated heterocycles. The lowest BCUT2D eigenvalue weighted by Crippen LogP contribution is -1.63. The molecule has 0 aliphatic heterocycles. The van der Waals surface area contributed by atoms with Gasteiger partial charge in [-0.1, -0.05) is 12.1 Å². The van der Waals surface area contributed by atoms with E-state index in [1.165, 1.54) is 12.1 Å². The molecule has 10 heavy (non-hydrogen) atoms. The first-order valence-electron chi connectivity index (χ1n) is 2.27. The van der Waals surface area contributed by atoms with Crippen molar-refractivity contribution in [2.75, 3.05) is 0 Å². The monoisotopic (exact) mass is 155 g/mol. The van der Waals surface area contributed by atoms with Crippen molar-refractivity contribution in [3.05, 3.63) is 24.3 Å². The molecule has 0 amide bonds. The Balaban J connectivity index is 0. The summed E-state index contributed by atoms with van der Waals surface area (Å²) in [6.07, 6.45) is 0. The van der Waals surface area contributed by atoms with Crippen LogP contribution in [-0.4, -0.2) is 33.1 Å². The van der Waals surface area contributed by atoms with Gasteiger partial charge >= 0.3 is 0 Å². The lowest BCUT2D eigenvalue weighted by molar-refractivity contribution is 0.404. The highest BCUT2D eigenvalue weighted by Crippen LogP contribution is 2.21. The Labute approximate surface area is 69.4 Å². The maximum Gasteiger partial charge on any atom is 0.157 e. The van der Waals surface area contributed by atoms with E-state index < -0.39 is 0 Å². The minimum atomic E-state index is -0.0764. The largest absolute Gasteiger partial charge is 0.504 e. The minimum Gasteiger partial charge on any atom is -0.504 e. The minimum absolute atomic E-state index is 0. The van der Waals surface area contributed by atoms with E-state index in [2.05, 4.69) is 0 Å². The van der Waals surface area contributed by atoms with Gasteiger partial charge in [-0.15, -0.1) is 0 Å². The number of hydrogen-bond acceptors (Lipinski definition) is 2. The summed E-state index contributed by atoms with van der Waals surface area (Å²) in [5.41, 5.74) is 0. The Morgan fingerprint density at radius 3 is 1.40 bits per heavy atom. The van der Waals surface area contributed by atoms with E-state index in [-0.39, 0.29) is 34.3 Å². The number of aromatic hydroxyl groups is 2. The van der Waals surface area contributed by atoms with Crippen LogP contribution in [0.25, 0.3) is 0 Å². The highest BCUT2D eigenvalue weighted by Gasteiger charge is 1.90. The van der Waals surface area contributed by atoms with Crippen molar-refractivity contribution in [2.24, 2.45) is 0 Å². The van der Waals surface area contributed by atoms with Crippen molar-refractivity contribution >= 4 is 17.4 Å². The molecule has 0 fully saturated rings. The zero-order valence-corrected chi connectivity index (χ0v) is 6.44. The molecule has 0 unspecified atom stereocenters. The van der Waals surface area contributed by atoms with Gasteiger partial charge in [0.05, 0.1) is 0 Å². The summed E-state index contributed by atoms with van der Waals surface area (Å²) in [5, 5.41) is 17.3. The van der Waals surface area contributed by atoms with E-state index >= 15 is 0 Å². The van der Waals surface area contributed by atoms with E-state index in [1.54, 1.807) is 12.1 Å². The molecule has 4 heteroatoms. The fraction of sp³-hybridized carbons (Fsp3) is 0. The third-order valence-electron chi connectivity index (χ3n) is 0.882. The van der Waals surface area contributed by atoms with Crippen LogP contribution in [0.4, 0.5) is 0 Å². The van der Waals surface area contributed by atoms with Crippen LogP contribution in [0.1, 0.15) is 0 Å².